The van der Waals surface area contributed by atoms with Crippen LogP contribution in [0.1, 0.15) is 6.42 Å². The molecule has 0 unspecified atom stereocenters. The molecule has 1 heterocycles. The number of hydrogen-bond donors (Lipinski definition) is 2. The minimum atomic E-state index is -0.0602. The number of carbonyl (C=O) groups excluding carboxylic acids is 1. The monoisotopic (exact) mass is 236 g/mol. The number of nitrogen functional groups attached to an aromatic ring is 1. The molecule has 0 aliphatic carbocycles. The van der Waals surface area contributed by atoms with Crippen LogP contribution in [-0.2, 0) is 14.3 Å². The molecule has 0 saturated carbocycles. The summed E-state index contributed by atoms with van der Waals surface area (Å²) in [6.07, 6.45) is 0.514. The SMILES string of the molecule is Nc1ccc(NC(=O)CCOC2COC2)cc1. The van der Waals surface area contributed by atoms with Gasteiger partial charge >= 0.3 is 0 Å². The largest absolute Gasteiger partial charge is 0.399 e. The Balaban J connectivity index is 1.67. The lowest BCUT2D eigenvalue weighted by Gasteiger charge is -2.25. The Bertz CT molecular complexity index is 374. The van der Waals surface area contributed by atoms with E-state index in [1.54, 1.807) is 24.3 Å². The number of amides is 1. The molecular formula is C12H16N2O3. The normalized spacial score (nSPS) is 15.3. The molecule has 0 bridgehead atoms. The van der Waals surface area contributed by atoms with Gasteiger partial charge in [0.1, 0.15) is 6.10 Å². The van der Waals surface area contributed by atoms with E-state index in [9.17, 15) is 4.79 Å². The van der Waals surface area contributed by atoms with Crippen LogP contribution in [0.5, 0.6) is 0 Å². The number of hydrogen-bond acceptors (Lipinski definition) is 4. The topological polar surface area (TPSA) is 73.6 Å². The van der Waals surface area contributed by atoms with Crippen molar-refractivity contribution in [2.24, 2.45) is 0 Å². The third-order valence-electron chi connectivity index (χ3n) is 2.48. The van der Waals surface area contributed by atoms with Crippen LogP contribution in [-0.4, -0.2) is 31.8 Å². The quantitative estimate of drug-likeness (QED) is 0.748. The van der Waals surface area contributed by atoms with E-state index in [2.05, 4.69) is 5.32 Å². The summed E-state index contributed by atoms with van der Waals surface area (Å²) >= 11 is 0. The molecule has 0 aromatic heterocycles. The minimum Gasteiger partial charge on any atom is -0.399 e. The molecular weight excluding hydrogens is 220 g/mol. The van der Waals surface area contributed by atoms with Gasteiger partial charge in [0.05, 0.1) is 26.2 Å². The molecule has 17 heavy (non-hydrogen) atoms. The van der Waals surface area contributed by atoms with Crippen LogP contribution in [0.25, 0.3) is 0 Å². The highest BCUT2D eigenvalue weighted by Gasteiger charge is 2.18. The average Bonchev–Trinajstić information content (AvgIpc) is 2.25. The predicted octanol–water partition coefficient (Wildman–Crippen LogP) is 1.01. The first-order valence-corrected chi connectivity index (χ1v) is 5.59. The Morgan fingerprint density at radius 3 is 2.71 bits per heavy atom. The molecule has 1 fully saturated rings. The highest BCUT2D eigenvalue weighted by atomic mass is 16.6. The minimum absolute atomic E-state index is 0.0602. The molecule has 1 aromatic rings. The molecule has 1 aromatic carbocycles. The van der Waals surface area contributed by atoms with Crippen LogP contribution in [0.2, 0.25) is 0 Å². The molecule has 1 amide bonds. The third kappa shape index (κ3) is 3.72. The molecule has 0 atom stereocenters. The number of anilines is 2. The molecule has 3 N–H and O–H groups in total. The fourth-order valence-corrected chi connectivity index (χ4v) is 1.42. The molecule has 1 saturated heterocycles. The van der Waals surface area contributed by atoms with Crippen LogP contribution in [0.15, 0.2) is 24.3 Å². The van der Waals surface area contributed by atoms with E-state index < -0.39 is 0 Å². The van der Waals surface area contributed by atoms with Gasteiger partial charge in [-0.25, -0.2) is 0 Å². The second-order valence-electron chi connectivity index (χ2n) is 3.95. The van der Waals surface area contributed by atoms with E-state index in [1.165, 1.54) is 0 Å². The lowest BCUT2D eigenvalue weighted by molar-refractivity contribution is -0.135. The summed E-state index contributed by atoms with van der Waals surface area (Å²) in [4.78, 5) is 11.5. The first-order chi connectivity index (χ1) is 8.24. The Morgan fingerprint density at radius 1 is 1.41 bits per heavy atom. The summed E-state index contributed by atoms with van der Waals surface area (Å²) in [6.45, 7) is 1.70. The van der Waals surface area contributed by atoms with Gasteiger partial charge in [-0.05, 0) is 24.3 Å². The number of nitrogens with two attached hydrogens (primary N) is 1. The van der Waals surface area contributed by atoms with E-state index in [1.807, 2.05) is 0 Å². The molecule has 1 aliphatic heterocycles. The number of benzene rings is 1. The van der Waals surface area contributed by atoms with Crippen molar-refractivity contribution in [1.82, 2.24) is 0 Å². The second-order valence-corrected chi connectivity index (χ2v) is 3.95. The summed E-state index contributed by atoms with van der Waals surface area (Å²) in [6, 6.07) is 7.04. The lowest BCUT2D eigenvalue weighted by atomic mass is 10.3. The van der Waals surface area contributed by atoms with Gasteiger partial charge in [-0.15, -0.1) is 0 Å². The number of rotatable bonds is 5. The molecule has 5 heteroatoms. The van der Waals surface area contributed by atoms with Crippen LogP contribution in [0.4, 0.5) is 11.4 Å². The Morgan fingerprint density at radius 2 is 2.12 bits per heavy atom. The number of carbonyl (C=O) groups is 1. The molecule has 2 rings (SSSR count). The number of ether oxygens (including phenoxy) is 2. The standard InChI is InChI=1S/C12H16N2O3/c13-9-1-3-10(4-2-9)14-12(15)5-6-17-11-7-16-8-11/h1-4,11H,5-8,13H2,(H,14,15). The van der Waals surface area contributed by atoms with Gasteiger partial charge in [0.25, 0.3) is 0 Å². The molecule has 92 valence electrons. The number of nitrogens with one attached hydrogen (secondary N) is 1. The van der Waals surface area contributed by atoms with Gasteiger partial charge in [-0.3, -0.25) is 4.79 Å². The summed E-state index contributed by atoms with van der Waals surface area (Å²) in [5.41, 5.74) is 6.97. The van der Waals surface area contributed by atoms with Crippen molar-refractivity contribution in [3.8, 4) is 0 Å². The fraction of sp³-hybridized carbons (Fsp3) is 0.417. The van der Waals surface area contributed by atoms with Crippen LogP contribution >= 0.6 is 0 Å². The maximum Gasteiger partial charge on any atom is 0.226 e. The van der Waals surface area contributed by atoms with Crippen molar-refractivity contribution in [3.05, 3.63) is 24.3 Å². The van der Waals surface area contributed by atoms with E-state index >= 15 is 0 Å². The second kappa shape index (κ2) is 5.65. The molecule has 0 radical (unpaired) electrons. The zero-order chi connectivity index (χ0) is 12.1. The van der Waals surface area contributed by atoms with Crippen molar-refractivity contribution in [2.75, 3.05) is 30.9 Å². The van der Waals surface area contributed by atoms with Gasteiger partial charge in [-0.2, -0.15) is 0 Å². The van der Waals surface area contributed by atoms with Crippen molar-refractivity contribution >= 4 is 17.3 Å². The van der Waals surface area contributed by atoms with Crippen molar-refractivity contribution in [3.63, 3.8) is 0 Å². The van der Waals surface area contributed by atoms with Crippen molar-refractivity contribution in [1.29, 1.82) is 0 Å². The maximum absolute atomic E-state index is 11.5. The average molecular weight is 236 g/mol. The summed E-state index contributed by atoms with van der Waals surface area (Å²) in [7, 11) is 0. The van der Waals surface area contributed by atoms with Crippen molar-refractivity contribution in [2.45, 2.75) is 12.5 Å². The maximum atomic E-state index is 11.5. The summed E-state index contributed by atoms with van der Waals surface area (Å²) < 4.78 is 10.4. The van der Waals surface area contributed by atoms with E-state index in [0.29, 0.717) is 31.9 Å². The summed E-state index contributed by atoms with van der Waals surface area (Å²) in [5, 5.41) is 2.77. The Kier molecular flexibility index (Phi) is 3.95. The van der Waals surface area contributed by atoms with E-state index in [4.69, 9.17) is 15.2 Å². The van der Waals surface area contributed by atoms with Gasteiger partial charge < -0.3 is 20.5 Å². The first-order valence-electron chi connectivity index (χ1n) is 5.59. The Labute approximate surface area is 99.9 Å². The van der Waals surface area contributed by atoms with Crippen LogP contribution in [0, 0.1) is 0 Å². The van der Waals surface area contributed by atoms with Gasteiger partial charge in [0.15, 0.2) is 0 Å². The predicted molar refractivity (Wildman–Crippen MR) is 64.7 cm³/mol. The first kappa shape index (κ1) is 11.9. The molecule has 1 aliphatic rings. The Hall–Kier alpha value is -1.59. The molecule has 0 spiro atoms. The smallest absolute Gasteiger partial charge is 0.226 e. The zero-order valence-corrected chi connectivity index (χ0v) is 9.52. The molecule has 5 nitrogen and oxygen atoms in total. The third-order valence-corrected chi connectivity index (χ3v) is 2.48. The van der Waals surface area contributed by atoms with E-state index in [0.717, 1.165) is 5.69 Å². The van der Waals surface area contributed by atoms with Crippen LogP contribution < -0.4 is 11.1 Å². The fourth-order valence-electron chi connectivity index (χ4n) is 1.42. The zero-order valence-electron chi connectivity index (χ0n) is 9.52. The highest BCUT2D eigenvalue weighted by Crippen LogP contribution is 2.11. The highest BCUT2D eigenvalue weighted by molar-refractivity contribution is 5.90. The van der Waals surface area contributed by atoms with Gasteiger partial charge in [-0.1, -0.05) is 0 Å². The van der Waals surface area contributed by atoms with Gasteiger partial charge in [0, 0.05) is 11.4 Å². The lowest BCUT2D eigenvalue weighted by Crippen LogP contribution is -2.36. The van der Waals surface area contributed by atoms with E-state index in [-0.39, 0.29) is 12.0 Å². The van der Waals surface area contributed by atoms with Crippen molar-refractivity contribution < 1.29 is 14.3 Å². The van der Waals surface area contributed by atoms with Crippen LogP contribution in [0.3, 0.4) is 0 Å². The van der Waals surface area contributed by atoms with Gasteiger partial charge in [0.2, 0.25) is 5.91 Å². The summed E-state index contributed by atoms with van der Waals surface area (Å²) in [5.74, 6) is -0.0602.